The molecule has 0 aromatic carbocycles. The average Bonchev–Trinajstić information content (AvgIpc) is 2.40. The highest BCUT2D eigenvalue weighted by atomic mass is 16.5. The summed E-state index contributed by atoms with van der Waals surface area (Å²) in [5.74, 6) is 0. The summed E-state index contributed by atoms with van der Waals surface area (Å²) >= 11 is 0. The standard InChI is InChI=1S/C15H30N2O2/c1-16-10-15(8-5-9-19-12-15)11-17(2)13-6-3-4-7-14(13)18/h13-14,16,18H,3-12H2,1-2H3. The lowest BCUT2D eigenvalue weighted by Gasteiger charge is -2.44. The molecule has 0 aromatic rings. The molecule has 2 rings (SSSR count). The molecule has 1 saturated heterocycles. The molecule has 4 nitrogen and oxygen atoms in total. The number of aliphatic hydroxyl groups is 1. The van der Waals surface area contributed by atoms with E-state index in [1.165, 1.54) is 19.3 Å². The van der Waals surface area contributed by atoms with Crippen molar-refractivity contribution in [2.45, 2.75) is 50.7 Å². The Morgan fingerprint density at radius 3 is 2.74 bits per heavy atom. The van der Waals surface area contributed by atoms with Crippen molar-refractivity contribution in [1.82, 2.24) is 10.2 Å². The van der Waals surface area contributed by atoms with E-state index < -0.39 is 0 Å². The van der Waals surface area contributed by atoms with Crippen LogP contribution in [-0.4, -0.2) is 62.6 Å². The molecule has 0 bridgehead atoms. The Hall–Kier alpha value is -0.160. The first-order valence-corrected chi connectivity index (χ1v) is 7.77. The lowest BCUT2D eigenvalue weighted by molar-refractivity contribution is -0.0452. The monoisotopic (exact) mass is 270 g/mol. The SMILES string of the molecule is CNCC1(CN(C)C2CCCCC2O)CCCOC1. The molecule has 1 saturated carbocycles. The van der Waals surface area contributed by atoms with Crippen molar-refractivity contribution in [3.63, 3.8) is 0 Å². The van der Waals surface area contributed by atoms with Crippen LogP contribution in [0.2, 0.25) is 0 Å². The summed E-state index contributed by atoms with van der Waals surface area (Å²) in [5, 5.41) is 13.5. The molecule has 0 amide bonds. The molecular weight excluding hydrogens is 240 g/mol. The van der Waals surface area contributed by atoms with Crippen LogP contribution < -0.4 is 5.32 Å². The van der Waals surface area contributed by atoms with Crippen molar-refractivity contribution in [1.29, 1.82) is 0 Å². The van der Waals surface area contributed by atoms with Crippen LogP contribution in [0.3, 0.4) is 0 Å². The highest BCUT2D eigenvalue weighted by molar-refractivity contribution is 4.90. The molecule has 0 aromatic heterocycles. The number of rotatable bonds is 5. The van der Waals surface area contributed by atoms with Crippen molar-refractivity contribution < 1.29 is 9.84 Å². The first kappa shape index (κ1) is 15.2. The first-order valence-electron chi connectivity index (χ1n) is 7.77. The van der Waals surface area contributed by atoms with Gasteiger partial charge in [-0.2, -0.15) is 0 Å². The maximum atomic E-state index is 10.2. The Kier molecular flexibility index (Phi) is 5.63. The minimum absolute atomic E-state index is 0.144. The second kappa shape index (κ2) is 7.02. The Morgan fingerprint density at radius 1 is 1.32 bits per heavy atom. The third-order valence-electron chi connectivity index (χ3n) is 4.80. The van der Waals surface area contributed by atoms with Crippen LogP contribution in [0, 0.1) is 5.41 Å². The summed E-state index contributed by atoms with van der Waals surface area (Å²) in [6.07, 6.45) is 6.76. The normalized spacial score (nSPS) is 36.6. The van der Waals surface area contributed by atoms with E-state index >= 15 is 0 Å². The van der Waals surface area contributed by atoms with Gasteiger partial charge in [0.1, 0.15) is 0 Å². The summed E-state index contributed by atoms with van der Waals surface area (Å²) in [6, 6.07) is 0.337. The fourth-order valence-electron chi connectivity index (χ4n) is 3.86. The summed E-state index contributed by atoms with van der Waals surface area (Å²) in [4.78, 5) is 2.38. The molecule has 2 aliphatic rings. The van der Waals surface area contributed by atoms with Crippen molar-refractivity contribution in [2.24, 2.45) is 5.41 Å². The summed E-state index contributed by atoms with van der Waals surface area (Å²) < 4.78 is 5.72. The van der Waals surface area contributed by atoms with Gasteiger partial charge in [-0.1, -0.05) is 12.8 Å². The highest BCUT2D eigenvalue weighted by Crippen LogP contribution is 2.31. The van der Waals surface area contributed by atoms with E-state index in [4.69, 9.17) is 4.74 Å². The second-order valence-corrected chi connectivity index (χ2v) is 6.52. The molecule has 4 heteroatoms. The summed E-state index contributed by atoms with van der Waals surface area (Å²) in [7, 11) is 4.19. The predicted octanol–water partition coefficient (Wildman–Crippen LogP) is 1.24. The third-order valence-corrected chi connectivity index (χ3v) is 4.80. The van der Waals surface area contributed by atoms with Gasteiger partial charge in [0, 0.05) is 31.2 Å². The van der Waals surface area contributed by atoms with Crippen molar-refractivity contribution in [3.8, 4) is 0 Å². The van der Waals surface area contributed by atoms with Crippen LogP contribution in [0.15, 0.2) is 0 Å². The van der Waals surface area contributed by atoms with E-state index in [-0.39, 0.29) is 11.5 Å². The quantitative estimate of drug-likeness (QED) is 0.789. The van der Waals surface area contributed by atoms with Gasteiger partial charge in [0.15, 0.2) is 0 Å². The molecule has 3 atom stereocenters. The number of nitrogens with one attached hydrogen (secondary N) is 1. The maximum absolute atomic E-state index is 10.2. The fraction of sp³-hybridized carbons (Fsp3) is 1.00. The van der Waals surface area contributed by atoms with Crippen LogP contribution >= 0.6 is 0 Å². The van der Waals surface area contributed by atoms with E-state index in [0.29, 0.717) is 6.04 Å². The van der Waals surface area contributed by atoms with E-state index in [1.807, 2.05) is 7.05 Å². The van der Waals surface area contributed by atoms with E-state index in [0.717, 1.165) is 45.6 Å². The van der Waals surface area contributed by atoms with Crippen molar-refractivity contribution in [3.05, 3.63) is 0 Å². The smallest absolute Gasteiger partial charge is 0.0695 e. The Labute approximate surface area is 117 Å². The molecular formula is C15H30N2O2. The molecule has 1 aliphatic heterocycles. The number of hydrogen-bond acceptors (Lipinski definition) is 4. The topological polar surface area (TPSA) is 44.7 Å². The lowest BCUT2D eigenvalue weighted by Crippen LogP contribution is -2.52. The Bertz CT molecular complexity index is 261. The second-order valence-electron chi connectivity index (χ2n) is 6.52. The Morgan fingerprint density at radius 2 is 2.11 bits per heavy atom. The zero-order valence-electron chi connectivity index (χ0n) is 12.5. The molecule has 2 N–H and O–H groups in total. The molecule has 1 aliphatic carbocycles. The van der Waals surface area contributed by atoms with Crippen LogP contribution in [0.25, 0.3) is 0 Å². The van der Waals surface area contributed by atoms with Gasteiger partial charge in [0.2, 0.25) is 0 Å². The van der Waals surface area contributed by atoms with E-state index in [9.17, 15) is 5.11 Å². The minimum Gasteiger partial charge on any atom is -0.391 e. The average molecular weight is 270 g/mol. The van der Waals surface area contributed by atoms with Gasteiger partial charge in [-0.15, -0.1) is 0 Å². The molecule has 3 unspecified atom stereocenters. The van der Waals surface area contributed by atoms with Crippen LogP contribution in [0.5, 0.6) is 0 Å². The molecule has 0 radical (unpaired) electrons. The fourth-order valence-corrected chi connectivity index (χ4v) is 3.86. The Balaban J connectivity index is 1.95. The van der Waals surface area contributed by atoms with Gasteiger partial charge in [-0.05, 0) is 39.8 Å². The van der Waals surface area contributed by atoms with Crippen LogP contribution in [0.4, 0.5) is 0 Å². The maximum Gasteiger partial charge on any atom is 0.0695 e. The summed E-state index contributed by atoms with van der Waals surface area (Å²) in [5.41, 5.74) is 0.221. The zero-order valence-corrected chi connectivity index (χ0v) is 12.5. The highest BCUT2D eigenvalue weighted by Gasteiger charge is 2.36. The zero-order chi connectivity index (χ0) is 13.7. The van der Waals surface area contributed by atoms with Gasteiger partial charge < -0.3 is 20.1 Å². The molecule has 0 spiro atoms. The van der Waals surface area contributed by atoms with Gasteiger partial charge in [0.25, 0.3) is 0 Å². The molecule has 19 heavy (non-hydrogen) atoms. The van der Waals surface area contributed by atoms with Crippen molar-refractivity contribution >= 4 is 0 Å². The lowest BCUT2D eigenvalue weighted by atomic mass is 9.80. The molecule has 112 valence electrons. The summed E-state index contributed by atoms with van der Waals surface area (Å²) in [6.45, 7) is 3.78. The number of aliphatic hydroxyl groups excluding tert-OH is 1. The van der Waals surface area contributed by atoms with Gasteiger partial charge in [-0.25, -0.2) is 0 Å². The number of hydrogen-bond donors (Lipinski definition) is 2. The largest absolute Gasteiger partial charge is 0.391 e. The van der Waals surface area contributed by atoms with Crippen LogP contribution in [0.1, 0.15) is 38.5 Å². The third kappa shape index (κ3) is 3.91. The minimum atomic E-state index is -0.144. The molecule has 1 heterocycles. The predicted molar refractivity (Wildman–Crippen MR) is 77.3 cm³/mol. The number of likely N-dealkylation sites (N-methyl/N-ethyl adjacent to an activating group) is 1. The first-order chi connectivity index (χ1) is 9.17. The van der Waals surface area contributed by atoms with Crippen molar-refractivity contribution in [2.75, 3.05) is 40.4 Å². The molecule has 2 fully saturated rings. The van der Waals surface area contributed by atoms with Gasteiger partial charge >= 0.3 is 0 Å². The van der Waals surface area contributed by atoms with Gasteiger partial charge in [0.05, 0.1) is 12.7 Å². The number of ether oxygens (including phenoxy) is 1. The van der Waals surface area contributed by atoms with E-state index in [2.05, 4.69) is 17.3 Å². The van der Waals surface area contributed by atoms with Crippen LogP contribution in [-0.2, 0) is 4.74 Å². The van der Waals surface area contributed by atoms with Gasteiger partial charge in [-0.3, -0.25) is 0 Å². The number of nitrogens with zero attached hydrogens (tertiary/aromatic N) is 1. The van der Waals surface area contributed by atoms with E-state index in [1.54, 1.807) is 0 Å².